The molecule has 110 valence electrons. The van der Waals surface area contributed by atoms with E-state index in [0.717, 1.165) is 19.4 Å². The molecule has 0 spiro atoms. The summed E-state index contributed by atoms with van der Waals surface area (Å²) in [6.07, 6.45) is 4.50. The van der Waals surface area contributed by atoms with Crippen molar-refractivity contribution >= 4 is 0 Å². The third-order valence-corrected chi connectivity index (χ3v) is 4.63. The Morgan fingerprint density at radius 2 is 1.95 bits per heavy atom. The second kappa shape index (κ2) is 5.78. The Labute approximate surface area is 119 Å². The number of fused-ring (bicyclic) bond motifs is 1. The predicted molar refractivity (Wildman–Crippen MR) is 76.0 cm³/mol. The maximum atomic E-state index is 14.1. The van der Waals surface area contributed by atoms with Crippen molar-refractivity contribution in [3.8, 4) is 0 Å². The summed E-state index contributed by atoms with van der Waals surface area (Å²) in [4.78, 5) is 2.51. The van der Waals surface area contributed by atoms with Crippen LogP contribution in [0.25, 0.3) is 0 Å². The van der Waals surface area contributed by atoms with Crippen LogP contribution in [-0.4, -0.2) is 36.6 Å². The van der Waals surface area contributed by atoms with Crippen LogP contribution in [0, 0.1) is 0 Å². The van der Waals surface area contributed by atoms with Crippen LogP contribution >= 0.6 is 0 Å². The first kappa shape index (κ1) is 14.0. The molecule has 2 nitrogen and oxygen atoms in total. The molecule has 0 bridgehead atoms. The highest BCUT2D eigenvalue weighted by atomic mass is 19.3. The fourth-order valence-corrected chi connectivity index (χ4v) is 3.47. The van der Waals surface area contributed by atoms with Gasteiger partial charge in [-0.3, -0.25) is 0 Å². The van der Waals surface area contributed by atoms with Crippen molar-refractivity contribution in [2.24, 2.45) is 0 Å². The van der Waals surface area contributed by atoms with Crippen molar-refractivity contribution in [3.63, 3.8) is 0 Å². The molecule has 20 heavy (non-hydrogen) atoms. The summed E-state index contributed by atoms with van der Waals surface area (Å²) < 4.78 is 28.2. The average molecular weight is 280 g/mol. The van der Waals surface area contributed by atoms with E-state index < -0.39 is 5.92 Å². The zero-order valence-electron chi connectivity index (χ0n) is 11.7. The van der Waals surface area contributed by atoms with Gasteiger partial charge in [0.2, 0.25) is 0 Å². The van der Waals surface area contributed by atoms with Gasteiger partial charge in [-0.1, -0.05) is 30.3 Å². The van der Waals surface area contributed by atoms with Crippen molar-refractivity contribution < 1.29 is 8.78 Å². The Morgan fingerprint density at radius 3 is 2.75 bits per heavy atom. The van der Waals surface area contributed by atoms with Crippen LogP contribution in [-0.2, 0) is 5.92 Å². The number of halogens is 2. The van der Waals surface area contributed by atoms with E-state index in [0.29, 0.717) is 6.04 Å². The van der Waals surface area contributed by atoms with E-state index in [9.17, 15) is 8.78 Å². The van der Waals surface area contributed by atoms with E-state index in [1.165, 1.54) is 31.5 Å². The molecule has 2 unspecified atom stereocenters. The molecule has 1 aromatic rings. The molecule has 4 heteroatoms. The van der Waals surface area contributed by atoms with Crippen LogP contribution < -0.4 is 5.32 Å². The molecule has 2 aliphatic heterocycles. The Bertz CT molecular complexity index is 435. The lowest BCUT2D eigenvalue weighted by molar-refractivity contribution is -0.00859. The molecular weight excluding hydrogens is 258 g/mol. The lowest BCUT2D eigenvalue weighted by Gasteiger charge is -2.35. The third-order valence-electron chi connectivity index (χ3n) is 4.63. The Hall–Kier alpha value is -1.00. The molecule has 1 N–H and O–H groups in total. The van der Waals surface area contributed by atoms with Gasteiger partial charge in [0.15, 0.2) is 0 Å². The van der Waals surface area contributed by atoms with E-state index in [4.69, 9.17) is 0 Å². The molecule has 0 aliphatic carbocycles. The molecule has 0 saturated carbocycles. The summed E-state index contributed by atoms with van der Waals surface area (Å²) in [5.41, 5.74) is 0.103. The Kier molecular flexibility index (Phi) is 4.03. The minimum absolute atomic E-state index is 0.103. The zero-order valence-corrected chi connectivity index (χ0v) is 11.7. The van der Waals surface area contributed by atoms with Gasteiger partial charge >= 0.3 is 0 Å². The minimum Gasteiger partial charge on any atom is -0.308 e. The standard InChI is InChI=1S/C16H22F2N2/c17-16(18,13-5-2-1-3-6-13)12-19-14-8-10-20-9-4-7-15(20)11-14/h1-3,5-6,14-15,19H,4,7-12H2. The van der Waals surface area contributed by atoms with Gasteiger partial charge in [0.05, 0.1) is 6.54 Å². The second-order valence-corrected chi connectivity index (χ2v) is 6.00. The summed E-state index contributed by atoms with van der Waals surface area (Å²) in [7, 11) is 0. The quantitative estimate of drug-likeness (QED) is 0.912. The van der Waals surface area contributed by atoms with Crippen LogP contribution in [0.5, 0.6) is 0 Å². The number of rotatable bonds is 4. The van der Waals surface area contributed by atoms with Crippen LogP contribution in [0.3, 0.4) is 0 Å². The van der Waals surface area contributed by atoms with E-state index in [-0.39, 0.29) is 18.2 Å². The third kappa shape index (κ3) is 3.01. The van der Waals surface area contributed by atoms with Crippen LogP contribution in [0.1, 0.15) is 31.2 Å². The number of nitrogens with zero attached hydrogens (tertiary/aromatic N) is 1. The van der Waals surface area contributed by atoms with Crippen molar-refractivity contribution in [3.05, 3.63) is 35.9 Å². The minimum atomic E-state index is -2.78. The maximum Gasteiger partial charge on any atom is 0.285 e. The lowest BCUT2D eigenvalue weighted by Crippen LogP contribution is -2.47. The van der Waals surface area contributed by atoms with E-state index in [1.807, 2.05) is 0 Å². The van der Waals surface area contributed by atoms with Crippen LogP contribution in [0.2, 0.25) is 0 Å². The zero-order chi connectivity index (χ0) is 14.0. The van der Waals surface area contributed by atoms with Gasteiger partial charge in [-0.2, -0.15) is 8.78 Å². The summed E-state index contributed by atoms with van der Waals surface area (Å²) in [5, 5.41) is 3.10. The van der Waals surface area contributed by atoms with Crippen LogP contribution in [0.4, 0.5) is 8.78 Å². The number of hydrogen-bond acceptors (Lipinski definition) is 2. The van der Waals surface area contributed by atoms with E-state index >= 15 is 0 Å². The highest BCUT2D eigenvalue weighted by Gasteiger charge is 2.35. The first-order valence-electron chi connectivity index (χ1n) is 7.56. The molecule has 2 atom stereocenters. The Morgan fingerprint density at radius 1 is 1.15 bits per heavy atom. The number of alkyl halides is 2. The van der Waals surface area contributed by atoms with E-state index in [2.05, 4.69) is 10.2 Å². The topological polar surface area (TPSA) is 15.3 Å². The predicted octanol–water partition coefficient (Wildman–Crippen LogP) is 2.99. The first-order valence-corrected chi connectivity index (χ1v) is 7.56. The van der Waals surface area contributed by atoms with Gasteiger partial charge in [0.25, 0.3) is 5.92 Å². The van der Waals surface area contributed by atoms with Gasteiger partial charge in [-0.25, -0.2) is 0 Å². The van der Waals surface area contributed by atoms with Crippen molar-refractivity contribution in [2.45, 2.75) is 43.7 Å². The molecule has 3 rings (SSSR count). The fraction of sp³-hybridized carbons (Fsp3) is 0.625. The summed E-state index contributed by atoms with van der Waals surface area (Å²) >= 11 is 0. The summed E-state index contributed by atoms with van der Waals surface area (Å²) in [5.74, 6) is -2.78. The maximum absolute atomic E-state index is 14.1. The summed E-state index contributed by atoms with van der Waals surface area (Å²) in [6.45, 7) is 1.99. The SMILES string of the molecule is FC(F)(CNC1CCN2CCCC2C1)c1ccccc1. The van der Waals surface area contributed by atoms with Gasteiger partial charge in [-0.05, 0) is 38.8 Å². The fourth-order valence-electron chi connectivity index (χ4n) is 3.47. The van der Waals surface area contributed by atoms with Crippen molar-refractivity contribution in [1.82, 2.24) is 10.2 Å². The van der Waals surface area contributed by atoms with E-state index in [1.54, 1.807) is 18.2 Å². The molecule has 0 amide bonds. The van der Waals surface area contributed by atoms with Gasteiger partial charge in [-0.15, -0.1) is 0 Å². The first-order chi connectivity index (χ1) is 9.65. The molecule has 0 radical (unpaired) electrons. The molecule has 2 fully saturated rings. The molecule has 0 aromatic heterocycles. The van der Waals surface area contributed by atoms with Crippen LogP contribution in [0.15, 0.2) is 30.3 Å². The normalized spacial score (nSPS) is 27.5. The molecule has 2 aliphatic rings. The number of piperidine rings is 1. The van der Waals surface area contributed by atoms with Gasteiger partial charge in [0.1, 0.15) is 0 Å². The summed E-state index contributed by atoms with van der Waals surface area (Å²) in [6, 6.07) is 8.96. The average Bonchev–Trinajstić information content (AvgIpc) is 2.94. The monoisotopic (exact) mass is 280 g/mol. The lowest BCUT2D eigenvalue weighted by atomic mass is 9.97. The second-order valence-electron chi connectivity index (χ2n) is 6.00. The van der Waals surface area contributed by atoms with Crippen molar-refractivity contribution in [1.29, 1.82) is 0 Å². The Balaban J connectivity index is 1.54. The molecular formula is C16H22F2N2. The largest absolute Gasteiger partial charge is 0.308 e. The molecule has 2 saturated heterocycles. The van der Waals surface area contributed by atoms with Gasteiger partial charge < -0.3 is 10.2 Å². The highest BCUT2D eigenvalue weighted by Crippen LogP contribution is 2.29. The van der Waals surface area contributed by atoms with Crippen molar-refractivity contribution in [2.75, 3.05) is 19.6 Å². The van der Waals surface area contributed by atoms with Gasteiger partial charge in [0, 0.05) is 17.6 Å². The smallest absolute Gasteiger partial charge is 0.285 e. The number of nitrogens with one attached hydrogen (secondary N) is 1. The number of benzene rings is 1. The molecule has 1 aromatic carbocycles. The molecule has 2 heterocycles. The number of hydrogen-bond donors (Lipinski definition) is 1. The highest BCUT2D eigenvalue weighted by molar-refractivity contribution is 5.20.